The lowest BCUT2D eigenvalue weighted by Crippen LogP contribution is -2.57. The number of allylic oxidation sites excluding steroid dienone is 4. The molecule has 6 heteroatoms. The Labute approximate surface area is 326 Å². The second kappa shape index (κ2) is 28.9. The van der Waals surface area contributed by atoms with Gasteiger partial charge in [-0.25, -0.2) is 0 Å². The number of unbranched alkanes of at least 4 members (excludes halogenated alkanes) is 20. The summed E-state index contributed by atoms with van der Waals surface area (Å²) in [6.45, 7) is 12.0. The third-order valence-corrected chi connectivity index (χ3v) is 11.8. The monoisotopic (exact) mass is 826 g/mol. The Balaban J connectivity index is 2.27. The van der Waals surface area contributed by atoms with Crippen LogP contribution in [0.15, 0.2) is 44.8 Å². The molecule has 0 amide bonds. The van der Waals surface area contributed by atoms with Crippen LogP contribution in [0.25, 0.3) is 0 Å². The molecule has 0 heterocycles. The zero-order valence-electron chi connectivity index (χ0n) is 32.9. The van der Waals surface area contributed by atoms with Crippen molar-refractivity contribution in [3.05, 3.63) is 44.8 Å². The van der Waals surface area contributed by atoms with E-state index in [1.54, 1.807) is 0 Å². The Morgan fingerprint density at radius 1 is 0.420 bits per heavy atom. The van der Waals surface area contributed by atoms with Gasteiger partial charge >= 0.3 is 0 Å². The summed E-state index contributed by atoms with van der Waals surface area (Å²) >= 11 is 7.72. The average Bonchev–Trinajstić information content (AvgIpc) is 3.12. The van der Waals surface area contributed by atoms with Crippen molar-refractivity contribution in [3.63, 3.8) is 0 Å². The molecule has 0 fully saturated rings. The first-order valence-corrected chi connectivity index (χ1v) is 22.7. The highest BCUT2D eigenvalue weighted by atomic mass is 79.9. The lowest BCUT2D eigenvalue weighted by atomic mass is 9.73. The summed E-state index contributed by atoms with van der Waals surface area (Å²) in [7, 11) is 0. The van der Waals surface area contributed by atoms with Crippen LogP contribution in [0, 0.1) is 0 Å². The van der Waals surface area contributed by atoms with Gasteiger partial charge in [-0.1, -0.05) is 156 Å². The van der Waals surface area contributed by atoms with Crippen LogP contribution in [0.5, 0.6) is 0 Å². The molecule has 2 atom stereocenters. The van der Waals surface area contributed by atoms with Crippen molar-refractivity contribution in [1.82, 2.24) is 0 Å². The molecular weight excluding hydrogens is 752 g/mol. The summed E-state index contributed by atoms with van der Waals surface area (Å²) in [6.07, 6.45) is 39.9. The van der Waals surface area contributed by atoms with E-state index in [4.69, 9.17) is 18.9 Å². The smallest absolute Gasteiger partial charge is 0.126 e. The molecule has 0 radical (unpaired) electrons. The fourth-order valence-corrected chi connectivity index (χ4v) is 7.83. The quantitative estimate of drug-likeness (QED) is 0.0618. The summed E-state index contributed by atoms with van der Waals surface area (Å²) < 4.78 is 29.5. The molecule has 0 N–H and O–H groups in total. The molecule has 0 aromatic heterocycles. The van der Waals surface area contributed by atoms with E-state index in [1.807, 2.05) is 0 Å². The predicted octanol–water partition coefficient (Wildman–Crippen LogP) is 15.1. The first-order chi connectivity index (χ1) is 24.5. The third kappa shape index (κ3) is 17.5. The van der Waals surface area contributed by atoms with Crippen LogP contribution < -0.4 is 0 Å². The second-order valence-corrected chi connectivity index (χ2v) is 16.5. The standard InChI is InChI=1S/C44H76Br2O4/c1-5-9-13-17-21-25-33-47-41-37-43(31-29-39(41)45,49-35-27-23-19-15-11-7-3)44(50-36-28-24-20-16-12-8-4)32-30-40(46)42(38-44)48-34-26-22-18-14-10-6-2/h29-32H,5-28,33-38H2,1-4H3. The lowest BCUT2D eigenvalue weighted by molar-refractivity contribution is -0.171. The van der Waals surface area contributed by atoms with Crippen molar-refractivity contribution in [2.24, 2.45) is 0 Å². The Morgan fingerprint density at radius 3 is 1.02 bits per heavy atom. The zero-order valence-corrected chi connectivity index (χ0v) is 36.1. The minimum Gasteiger partial charge on any atom is -0.497 e. The summed E-state index contributed by atoms with van der Waals surface area (Å²) in [5.74, 6) is 1.95. The van der Waals surface area contributed by atoms with Crippen molar-refractivity contribution >= 4 is 31.9 Å². The average molecular weight is 829 g/mol. The fraction of sp³-hybridized carbons (Fsp3) is 0.818. The summed E-state index contributed by atoms with van der Waals surface area (Å²) in [5.41, 5.74) is -1.41. The highest BCUT2D eigenvalue weighted by molar-refractivity contribution is 9.12. The molecule has 2 aliphatic carbocycles. The number of hydrogen-bond acceptors (Lipinski definition) is 4. The highest BCUT2D eigenvalue weighted by Gasteiger charge is 2.54. The molecular formula is C44H76Br2O4. The normalized spacial score (nSPS) is 20.7. The van der Waals surface area contributed by atoms with E-state index in [1.165, 1.54) is 128 Å². The Kier molecular flexibility index (Phi) is 26.3. The van der Waals surface area contributed by atoms with Gasteiger partial charge in [-0.2, -0.15) is 0 Å². The van der Waals surface area contributed by atoms with Gasteiger partial charge in [0.15, 0.2) is 0 Å². The van der Waals surface area contributed by atoms with Gasteiger partial charge < -0.3 is 18.9 Å². The topological polar surface area (TPSA) is 36.9 Å². The number of hydrogen-bond donors (Lipinski definition) is 0. The van der Waals surface area contributed by atoms with Crippen molar-refractivity contribution < 1.29 is 18.9 Å². The summed E-state index contributed by atoms with van der Waals surface area (Å²) in [6, 6.07) is 0. The van der Waals surface area contributed by atoms with E-state index >= 15 is 0 Å². The molecule has 0 saturated carbocycles. The predicted molar refractivity (Wildman–Crippen MR) is 222 cm³/mol. The maximum Gasteiger partial charge on any atom is 0.126 e. The van der Waals surface area contributed by atoms with E-state index < -0.39 is 11.2 Å². The summed E-state index contributed by atoms with van der Waals surface area (Å²) in [4.78, 5) is 0. The second-order valence-electron chi connectivity index (χ2n) is 14.8. The molecule has 50 heavy (non-hydrogen) atoms. The molecule has 2 unspecified atom stereocenters. The van der Waals surface area contributed by atoms with Crippen molar-refractivity contribution in [2.75, 3.05) is 26.4 Å². The van der Waals surface area contributed by atoms with E-state index in [0.717, 1.165) is 59.4 Å². The van der Waals surface area contributed by atoms with Crippen LogP contribution in [0.3, 0.4) is 0 Å². The van der Waals surface area contributed by atoms with Crippen LogP contribution in [0.1, 0.15) is 195 Å². The Bertz CT molecular complexity index is 911. The minimum absolute atomic E-state index is 0.638. The molecule has 290 valence electrons. The maximum atomic E-state index is 7.15. The van der Waals surface area contributed by atoms with Crippen LogP contribution >= 0.6 is 31.9 Å². The molecule has 0 aromatic carbocycles. The fourth-order valence-electron chi connectivity index (χ4n) is 7.06. The van der Waals surface area contributed by atoms with E-state index in [-0.39, 0.29) is 0 Å². The van der Waals surface area contributed by atoms with Crippen LogP contribution in [-0.2, 0) is 18.9 Å². The van der Waals surface area contributed by atoms with Crippen LogP contribution in [-0.4, -0.2) is 37.6 Å². The highest BCUT2D eigenvalue weighted by Crippen LogP contribution is 2.49. The van der Waals surface area contributed by atoms with Crippen molar-refractivity contribution in [2.45, 2.75) is 206 Å². The van der Waals surface area contributed by atoms with Gasteiger partial charge in [0.25, 0.3) is 0 Å². The lowest BCUT2D eigenvalue weighted by Gasteiger charge is -2.49. The largest absolute Gasteiger partial charge is 0.497 e. The van der Waals surface area contributed by atoms with Crippen LogP contribution in [0.4, 0.5) is 0 Å². The Morgan fingerprint density at radius 2 is 0.700 bits per heavy atom. The van der Waals surface area contributed by atoms with Crippen molar-refractivity contribution in [3.8, 4) is 0 Å². The molecule has 2 aliphatic rings. The number of rotatable bonds is 33. The first-order valence-electron chi connectivity index (χ1n) is 21.2. The van der Waals surface area contributed by atoms with Gasteiger partial charge in [-0.3, -0.25) is 0 Å². The van der Waals surface area contributed by atoms with E-state index in [0.29, 0.717) is 26.1 Å². The van der Waals surface area contributed by atoms with E-state index in [2.05, 4.69) is 83.9 Å². The van der Waals surface area contributed by atoms with Gasteiger partial charge in [0, 0.05) is 26.1 Å². The SMILES string of the molecule is CCCCCCCCOC1=C(Br)C=CC(OCCCCCCCC)(C2(OCCCCCCCC)C=CC(Br)=C(OCCCCCCCC)C2)C1. The molecule has 0 aliphatic heterocycles. The van der Waals surface area contributed by atoms with Gasteiger partial charge in [0.05, 0.1) is 22.2 Å². The molecule has 4 nitrogen and oxygen atoms in total. The molecule has 2 rings (SSSR count). The first kappa shape index (κ1) is 45.6. The van der Waals surface area contributed by atoms with Gasteiger partial charge in [0.2, 0.25) is 0 Å². The van der Waals surface area contributed by atoms with Gasteiger partial charge in [-0.15, -0.1) is 0 Å². The molecule has 0 aromatic rings. The maximum absolute atomic E-state index is 7.15. The molecule has 0 saturated heterocycles. The Hall–Kier alpha value is -0.560. The molecule has 0 bridgehead atoms. The number of halogens is 2. The minimum atomic E-state index is -0.703. The third-order valence-electron chi connectivity index (χ3n) is 10.4. The van der Waals surface area contributed by atoms with E-state index in [9.17, 15) is 0 Å². The summed E-state index contributed by atoms with van der Waals surface area (Å²) in [5, 5.41) is 0. The van der Waals surface area contributed by atoms with Crippen molar-refractivity contribution in [1.29, 1.82) is 0 Å². The van der Waals surface area contributed by atoms with Crippen LogP contribution in [0.2, 0.25) is 0 Å². The number of ether oxygens (including phenoxy) is 4. The van der Waals surface area contributed by atoms with Gasteiger partial charge in [0.1, 0.15) is 22.7 Å². The van der Waals surface area contributed by atoms with Gasteiger partial charge in [-0.05, 0) is 81.8 Å². The molecule has 0 spiro atoms. The zero-order chi connectivity index (χ0) is 36.2.